The molecule has 0 unspecified atom stereocenters. The molecule has 104 valence electrons. The lowest BCUT2D eigenvalue weighted by molar-refractivity contribution is -0.384. The van der Waals surface area contributed by atoms with Crippen LogP contribution in [-0.2, 0) is 4.79 Å². The van der Waals surface area contributed by atoms with Crippen molar-refractivity contribution in [2.24, 2.45) is 4.99 Å². The Balaban J connectivity index is 2.04. The molecule has 20 heavy (non-hydrogen) atoms. The highest BCUT2D eigenvalue weighted by Crippen LogP contribution is 2.15. The van der Waals surface area contributed by atoms with Gasteiger partial charge in [0, 0.05) is 24.8 Å². The molecule has 0 fully saturated rings. The second-order valence-corrected chi connectivity index (χ2v) is 4.81. The number of nitro benzene ring substituents is 1. The van der Waals surface area contributed by atoms with Gasteiger partial charge in [0.25, 0.3) is 11.6 Å². The number of nitrogens with zero attached hydrogens (tertiary/aromatic N) is 3. The van der Waals surface area contributed by atoms with E-state index in [1.165, 1.54) is 30.0 Å². The minimum atomic E-state index is -0.454. The van der Waals surface area contributed by atoms with E-state index in [-0.39, 0.29) is 11.6 Å². The van der Waals surface area contributed by atoms with Crippen LogP contribution in [0.3, 0.4) is 0 Å². The Hall–Kier alpha value is -2.15. The molecule has 1 amide bonds. The van der Waals surface area contributed by atoms with Crippen molar-refractivity contribution in [1.29, 1.82) is 0 Å². The third-order valence-corrected chi connectivity index (χ3v) is 3.49. The molecule has 0 bridgehead atoms. The lowest BCUT2D eigenvalue weighted by atomic mass is 10.2. The number of hydrogen-bond donors (Lipinski definition) is 0. The molecule has 2 rings (SSSR count). The number of hydrogen-bond acceptors (Lipinski definition) is 5. The van der Waals surface area contributed by atoms with Gasteiger partial charge in [-0.1, -0.05) is 11.8 Å². The van der Waals surface area contributed by atoms with E-state index < -0.39 is 4.92 Å². The zero-order valence-electron chi connectivity index (χ0n) is 10.9. The summed E-state index contributed by atoms with van der Waals surface area (Å²) >= 11 is 1.44. The molecule has 0 saturated heterocycles. The van der Waals surface area contributed by atoms with Crippen LogP contribution in [0.25, 0.3) is 6.08 Å². The van der Waals surface area contributed by atoms with Gasteiger partial charge in [-0.3, -0.25) is 24.8 Å². The van der Waals surface area contributed by atoms with Crippen LogP contribution < -0.4 is 0 Å². The van der Waals surface area contributed by atoms with Gasteiger partial charge in [0.2, 0.25) is 0 Å². The Kier molecular flexibility index (Phi) is 4.52. The molecule has 1 aliphatic rings. The molecule has 1 aliphatic heterocycles. The number of nitro groups is 1. The lowest BCUT2D eigenvalue weighted by Gasteiger charge is -2.13. The number of thioether (sulfide) groups is 1. The van der Waals surface area contributed by atoms with Crippen molar-refractivity contribution in [3.63, 3.8) is 0 Å². The third-order valence-electron chi connectivity index (χ3n) is 2.77. The zero-order valence-corrected chi connectivity index (χ0v) is 11.7. The number of amides is 1. The Morgan fingerprint density at radius 1 is 1.45 bits per heavy atom. The quantitative estimate of drug-likeness (QED) is 0.486. The summed E-state index contributed by atoms with van der Waals surface area (Å²) in [6.07, 6.45) is 4.98. The van der Waals surface area contributed by atoms with Crippen LogP contribution in [-0.4, -0.2) is 40.2 Å². The minimum absolute atomic E-state index is 0.0322. The lowest BCUT2D eigenvalue weighted by Crippen LogP contribution is -2.30. The van der Waals surface area contributed by atoms with Crippen molar-refractivity contribution in [3.05, 3.63) is 46.0 Å². The standard InChI is InChI=1S/C13H13N3O3S/c1-20-13-14-8-9-15(13)12(17)7-4-10-2-5-11(6-3-10)16(18)19/h2-7H,8-9H2,1H3/b7-4+. The van der Waals surface area contributed by atoms with Gasteiger partial charge in [-0.25, -0.2) is 0 Å². The normalized spacial score (nSPS) is 14.7. The smallest absolute Gasteiger partial charge is 0.269 e. The van der Waals surface area contributed by atoms with Gasteiger partial charge in [-0.05, 0) is 30.0 Å². The summed E-state index contributed by atoms with van der Waals surface area (Å²) in [7, 11) is 0. The molecular formula is C13H13N3O3S. The number of non-ortho nitro benzene ring substituents is 1. The maximum absolute atomic E-state index is 12.0. The van der Waals surface area contributed by atoms with E-state index in [0.717, 1.165) is 10.7 Å². The third kappa shape index (κ3) is 3.24. The van der Waals surface area contributed by atoms with Crippen molar-refractivity contribution in [3.8, 4) is 0 Å². The first-order chi connectivity index (χ1) is 9.61. The Bertz CT molecular complexity index is 581. The fraction of sp³-hybridized carbons (Fsp3) is 0.231. The van der Waals surface area contributed by atoms with E-state index in [1.54, 1.807) is 23.1 Å². The van der Waals surface area contributed by atoms with Crippen LogP contribution in [0.5, 0.6) is 0 Å². The molecule has 0 radical (unpaired) electrons. The molecular weight excluding hydrogens is 278 g/mol. The van der Waals surface area contributed by atoms with Crippen molar-refractivity contribution < 1.29 is 9.72 Å². The van der Waals surface area contributed by atoms with Crippen LogP contribution in [0.4, 0.5) is 5.69 Å². The minimum Gasteiger partial charge on any atom is -0.286 e. The van der Waals surface area contributed by atoms with E-state index in [4.69, 9.17) is 0 Å². The fourth-order valence-corrected chi connectivity index (χ4v) is 2.39. The van der Waals surface area contributed by atoms with Gasteiger partial charge in [-0.15, -0.1) is 0 Å². The van der Waals surface area contributed by atoms with Crippen LogP contribution >= 0.6 is 11.8 Å². The highest BCUT2D eigenvalue weighted by Gasteiger charge is 2.20. The molecule has 0 aliphatic carbocycles. The number of carbonyl (C=O) groups is 1. The predicted molar refractivity (Wildman–Crippen MR) is 79.7 cm³/mol. The van der Waals surface area contributed by atoms with Gasteiger partial charge >= 0.3 is 0 Å². The number of carbonyl (C=O) groups excluding carboxylic acids is 1. The second-order valence-electron chi connectivity index (χ2n) is 4.04. The number of amidine groups is 1. The average Bonchev–Trinajstić information content (AvgIpc) is 2.93. The van der Waals surface area contributed by atoms with Crippen LogP contribution in [0.2, 0.25) is 0 Å². The Labute approximate surface area is 120 Å². The van der Waals surface area contributed by atoms with Crippen molar-refractivity contribution in [1.82, 2.24) is 4.90 Å². The molecule has 0 saturated carbocycles. The van der Waals surface area contributed by atoms with Gasteiger partial charge in [0.1, 0.15) is 0 Å². The summed E-state index contributed by atoms with van der Waals surface area (Å²) in [5.74, 6) is -0.131. The molecule has 1 aromatic carbocycles. The summed E-state index contributed by atoms with van der Waals surface area (Å²) in [5, 5.41) is 11.3. The zero-order chi connectivity index (χ0) is 14.5. The summed E-state index contributed by atoms with van der Waals surface area (Å²) < 4.78 is 0. The predicted octanol–water partition coefficient (Wildman–Crippen LogP) is 2.17. The van der Waals surface area contributed by atoms with Gasteiger partial charge in [0.05, 0.1) is 11.5 Å². The average molecular weight is 291 g/mol. The molecule has 0 spiro atoms. The van der Waals surface area contributed by atoms with Gasteiger partial charge in [-0.2, -0.15) is 0 Å². The molecule has 0 atom stereocenters. The van der Waals surface area contributed by atoms with E-state index in [2.05, 4.69) is 4.99 Å². The number of benzene rings is 1. The molecule has 0 aromatic heterocycles. The first-order valence-corrected chi connectivity index (χ1v) is 7.17. The van der Waals surface area contributed by atoms with E-state index in [1.807, 2.05) is 6.26 Å². The second kappa shape index (κ2) is 6.33. The highest BCUT2D eigenvalue weighted by atomic mass is 32.2. The van der Waals surface area contributed by atoms with E-state index >= 15 is 0 Å². The fourth-order valence-electron chi connectivity index (χ4n) is 1.77. The van der Waals surface area contributed by atoms with Crippen LogP contribution in [0.1, 0.15) is 5.56 Å². The largest absolute Gasteiger partial charge is 0.286 e. The molecule has 6 nitrogen and oxygen atoms in total. The SMILES string of the molecule is CSC1=NCCN1C(=O)/C=C/c1ccc([N+](=O)[O-])cc1. The molecule has 1 heterocycles. The first-order valence-electron chi connectivity index (χ1n) is 5.94. The number of aliphatic imine (C=N–C) groups is 1. The van der Waals surface area contributed by atoms with Gasteiger partial charge < -0.3 is 0 Å². The van der Waals surface area contributed by atoms with Crippen molar-refractivity contribution in [2.45, 2.75) is 0 Å². The summed E-state index contributed by atoms with van der Waals surface area (Å²) in [4.78, 5) is 27.9. The number of rotatable bonds is 3. The van der Waals surface area contributed by atoms with Crippen molar-refractivity contribution >= 4 is 34.6 Å². The summed E-state index contributed by atoms with van der Waals surface area (Å²) in [5.41, 5.74) is 0.774. The first kappa shape index (κ1) is 14.3. The monoisotopic (exact) mass is 291 g/mol. The summed E-state index contributed by atoms with van der Waals surface area (Å²) in [6.45, 7) is 1.23. The highest BCUT2D eigenvalue weighted by molar-refractivity contribution is 8.13. The van der Waals surface area contributed by atoms with E-state index in [0.29, 0.717) is 13.1 Å². The topological polar surface area (TPSA) is 75.8 Å². The molecule has 7 heteroatoms. The van der Waals surface area contributed by atoms with Gasteiger partial charge in [0.15, 0.2) is 5.17 Å². The van der Waals surface area contributed by atoms with Crippen molar-refractivity contribution in [2.75, 3.05) is 19.3 Å². The van der Waals surface area contributed by atoms with Crippen LogP contribution in [0, 0.1) is 10.1 Å². The Morgan fingerprint density at radius 2 is 2.15 bits per heavy atom. The van der Waals surface area contributed by atoms with Crippen LogP contribution in [0.15, 0.2) is 35.3 Å². The maximum Gasteiger partial charge on any atom is 0.269 e. The van der Waals surface area contributed by atoms with E-state index in [9.17, 15) is 14.9 Å². The molecule has 0 N–H and O–H groups in total. The maximum atomic E-state index is 12.0. The Morgan fingerprint density at radius 3 is 2.75 bits per heavy atom. The summed E-state index contributed by atoms with van der Waals surface area (Å²) in [6, 6.07) is 6.04. The molecule has 1 aromatic rings.